The van der Waals surface area contributed by atoms with Gasteiger partial charge in [0.2, 0.25) is 0 Å². The van der Waals surface area contributed by atoms with Gasteiger partial charge in [-0.1, -0.05) is 26.0 Å². The number of benzene rings is 2. The van der Waals surface area contributed by atoms with Crippen LogP contribution in [0.1, 0.15) is 25.0 Å². The minimum atomic E-state index is -0.352. The van der Waals surface area contributed by atoms with Gasteiger partial charge in [-0.3, -0.25) is 9.59 Å². The Bertz CT molecular complexity index is 1110. The lowest BCUT2D eigenvalue weighted by molar-refractivity contribution is -0.120. The molecule has 0 saturated carbocycles. The molecule has 0 unspecified atom stereocenters. The predicted octanol–water partition coefficient (Wildman–Crippen LogP) is 3.12. The van der Waals surface area contributed by atoms with Crippen LogP contribution < -0.4 is 9.64 Å². The van der Waals surface area contributed by atoms with Crippen molar-refractivity contribution < 1.29 is 14.3 Å². The fraction of sp³-hybridized carbons (Fsp3) is 0.346. The maximum Gasteiger partial charge on any atom is 0.282 e. The Balaban J connectivity index is 1.71. The monoisotopic (exact) mass is 444 g/mol. The quantitative estimate of drug-likeness (QED) is 0.637. The molecule has 0 aliphatic carbocycles. The molecule has 0 spiro atoms. The first-order valence-corrected chi connectivity index (χ1v) is 11.2. The van der Waals surface area contributed by atoms with E-state index in [1.54, 1.807) is 24.3 Å². The van der Waals surface area contributed by atoms with Crippen LogP contribution in [0.25, 0.3) is 5.57 Å². The SMILES string of the molecule is CC(C)COc1ccc(C2=C(N3CCN(C)CC3)C(=O)N(c3ccc(C#N)cc3)C2=O)cc1. The van der Waals surface area contributed by atoms with Crippen molar-refractivity contribution in [1.82, 2.24) is 9.80 Å². The molecule has 0 bridgehead atoms. The molecule has 2 aromatic carbocycles. The van der Waals surface area contributed by atoms with Gasteiger partial charge in [0, 0.05) is 26.2 Å². The van der Waals surface area contributed by atoms with E-state index in [1.807, 2.05) is 36.2 Å². The highest BCUT2D eigenvalue weighted by atomic mass is 16.5. The number of piperazine rings is 1. The van der Waals surface area contributed by atoms with Crippen LogP contribution in [0.15, 0.2) is 54.2 Å². The standard InChI is InChI=1S/C26H28N4O3/c1-18(2)17-33-22-10-6-20(7-11-22)23-24(29-14-12-28(3)13-15-29)26(32)30(25(23)31)21-8-4-19(16-27)5-9-21/h4-11,18H,12-15,17H2,1-3H3. The first kappa shape index (κ1) is 22.6. The minimum absolute atomic E-state index is 0.329. The zero-order chi connectivity index (χ0) is 23.5. The highest BCUT2D eigenvalue weighted by Crippen LogP contribution is 2.35. The lowest BCUT2D eigenvalue weighted by atomic mass is 10.0. The molecule has 2 aliphatic heterocycles. The summed E-state index contributed by atoms with van der Waals surface area (Å²) >= 11 is 0. The second-order valence-electron chi connectivity index (χ2n) is 8.85. The smallest absolute Gasteiger partial charge is 0.282 e. The summed E-state index contributed by atoms with van der Waals surface area (Å²) in [4.78, 5) is 32.6. The van der Waals surface area contributed by atoms with E-state index in [2.05, 4.69) is 24.8 Å². The lowest BCUT2D eigenvalue weighted by Crippen LogP contribution is -2.46. The molecule has 0 aromatic heterocycles. The molecule has 0 radical (unpaired) electrons. The molecule has 7 nitrogen and oxygen atoms in total. The van der Waals surface area contributed by atoms with Gasteiger partial charge in [0.15, 0.2) is 0 Å². The third kappa shape index (κ3) is 4.62. The summed E-state index contributed by atoms with van der Waals surface area (Å²) in [5.74, 6) is 0.458. The van der Waals surface area contributed by atoms with Crippen LogP contribution >= 0.6 is 0 Å². The third-order valence-corrected chi connectivity index (χ3v) is 5.86. The second kappa shape index (κ2) is 9.47. The number of rotatable bonds is 6. The summed E-state index contributed by atoms with van der Waals surface area (Å²) in [5.41, 5.74) is 2.47. The maximum absolute atomic E-state index is 13.6. The Morgan fingerprint density at radius 2 is 1.58 bits per heavy atom. The number of nitriles is 1. The number of hydrogen-bond acceptors (Lipinski definition) is 6. The summed E-state index contributed by atoms with van der Waals surface area (Å²) < 4.78 is 5.78. The van der Waals surface area contributed by atoms with Crippen molar-refractivity contribution in [2.45, 2.75) is 13.8 Å². The van der Waals surface area contributed by atoms with Crippen molar-refractivity contribution >= 4 is 23.1 Å². The zero-order valence-corrected chi connectivity index (χ0v) is 19.2. The van der Waals surface area contributed by atoms with Crippen molar-refractivity contribution in [3.8, 4) is 11.8 Å². The van der Waals surface area contributed by atoms with Gasteiger partial charge in [-0.25, -0.2) is 4.90 Å². The van der Waals surface area contributed by atoms with Gasteiger partial charge < -0.3 is 14.5 Å². The number of nitrogens with zero attached hydrogens (tertiary/aromatic N) is 4. The molecule has 2 heterocycles. The van der Waals surface area contributed by atoms with Gasteiger partial charge in [0.05, 0.1) is 29.5 Å². The number of anilines is 1. The number of carbonyl (C=O) groups is 2. The number of hydrogen-bond donors (Lipinski definition) is 0. The highest BCUT2D eigenvalue weighted by molar-refractivity contribution is 6.45. The molecule has 2 amide bonds. The van der Waals surface area contributed by atoms with Crippen LogP contribution in [-0.4, -0.2) is 61.4 Å². The Labute approximate surface area is 194 Å². The molecule has 7 heteroatoms. The molecule has 33 heavy (non-hydrogen) atoms. The summed E-state index contributed by atoms with van der Waals surface area (Å²) in [6.45, 7) is 7.76. The van der Waals surface area contributed by atoms with Crippen molar-refractivity contribution in [3.63, 3.8) is 0 Å². The Morgan fingerprint density at radius 3 is 2.15 bits per heavy atom. The average Bonchev–Trinajstić information content (AvgIpc) is 3.08. The van der Waals surface area contributed by atoms with Crippen molar-refractivity contribution in [3.05, 3.63) is 65.4 Å². The molecule has 4 rings (SSSR count). The number of carbonyl (C=O) groups excluding carboxylic acids is 2. The van der Waals surface area contributed by atoms with Gasteiger partial charge >= 0.3 is 0 Å². The molecule has 1 fully saturated rings. The van der Waals surface area contributed by atoms with Gasteiger partial charge in [-0.15, -0.1) is 0 Å². The van der Waals surface area contributed by atoms with Gasteiger partial charge in [-0.05, 0) is 54.9 Å². The summed E-state index contributed by atoms with van der Waals surface area (Å²) in [5, 5.41) is 9.09. The summed E-state index contributed by atoms with van der Waals surface area (Å²) in [6, 6.07) is 15.9. The molecule has 2 aromatic rings. The average molecular weight is 445 g/mol. The highest BCUT2D eigenvalue weighted by Gasteiger charge is 2.42. The van der Waals surface area contributed by atoms with Gasteiger partial charge in [-0.2, -0.15) is 5.26 Å². The van der Waals surface area contributed by atoms with Crippen LogP contribution in [0.3, 0.4) is 0 Å². The van der Waals surface area contributed by atoms with Crippen molar-refractivity contribution in [2.24, 2.45) is 5.92 Å². The van der Waals surface area contributed by atoms with E-state index < -0.39 is 0 Å². The van der Waals surface area contributed by atoms with E-state index in [4.69, 9.17) is 10.00 Å². The molecule has 2 aliphatic rings. The maximum atomic E-state index is 13.6. The molecule has 0 atom stereocenters. The number of ether oxygens (including phenoxy) is 1. The van der Waals surface area contributed by atoms with E-state index in [0.29, 0.717) is 53.7 Å². The molecule has 0 N–H and O–H groups in total. The predicted molar refractivity (Wildman–Crippen MR) is 126 cm³/mol. The Kier molecular flexibility index (Phi) is 6.47. The summed E-state index contributed by atoms with van der Waals surface area (Å²) in [7, 11) is 2.05. The fourth-order valence-electron chi connectivity index (χ4n) is 4.00. The third-order valence-electron chi connectivity index (χ3n) is 5.86. The van der Waals surface area contributed by atoms with Crippen LogP contribution in [0.5, 0.6) is 5.75 Å². The van der Waals surface area contributed by atoms with E-state index in [1.165, 1.54) is 4.90 Å². The zero-order valence-electron chi connectivity index (χ0n) is 19.2. The largest absolute Gasteiger partial charge is 0.493 e. The first-order valence-electron chi connectivity index (χ1n) is 11.2. The van der Waals surface area contributed by atoms with E-state index >= 15 is 0 Å². The Hall–Kier alpha value is -3.63. The minimum Gasteiger partial charge on any atom is -0.493 e. The number of amides is 2. The molecule has 1 saturated heterocycles. The molecular formula is C26H28N4O3. The van der Waals surface area contributed by atoms with Crippen molar-refractivity contribution in [2.75, 3.05) is 44.7 Å². The molecule has 170 valence electrons. The normalized spacial score (nSPS) is 17.2. The van der Waals surface area contributed by atoms with E-state index in [9.17, 15) is 9.59 Å². The molecular weight excluding hydrogens is 416 g/mol. The summed E-state index contributed by atoms with van der Waals surface area (Å²) in [6.07, 6.45) is 0. The van der Waals surface area contributed by atoms with Crippen LogP contribution in [0.2, 0.25) is 0 Å². The lowest BCUT2D eigenvalue weighted by Gasteiger charge is -2.34. The van der Waals surface area contributed by atoms with Crippen LogP contribution in [0, 0.1) is 17.2 Å². The fourth-order valence-corrected chi connectivity index (χ4v) is 4.00. The van der Waals surface area contributed by atoms with Crippen LogP contribution in [0.4, 0.5) is 5.69 Å². The van der Waals surface area contributed by atoms with Crippen molar-refractivity contribution in [1.29, 1.82) is 5.26 Å². The van der Waals surface area contributed by atoms with E-state index in [0.717, 1.165) is 18.8 Å². The number of imide groups is 1. The van der Waals surface area contributed by atoms with Crippen LogP contribution in [-0.2, 0) is 9.59 Å². The van der Waals surface area contributed by atoms with Gasteiger partial charge in [0.25, 0.3) is 11.8 Å². The first-order chi connectivity index (χ1) is 15.9. The Morgan fingerprint density at radius 1 is 0.939 bits per heavy atom. The topological polar surface area (TPSA) is 76.9 Å². The second-order valence-corrected chi connectivity index (χ2v) is 8.85. The number of likely N-dealkylation sites (N-methyl/N-ethyl adjacent to an activating group) is 1. The van der Waals surface area contributed by atoms with Gasteiger partial charge in [0.1, 0.15) is 11.4 Å². The van der Waals surface area contributed by atoms with E-state index in [-0.39, 0.29) is 11.8 Å².